The van der Waals surface area contributed by atoms with Crippen LogP contribution in [-0.4, -0.2) is 39.0 Å². The zero-order valence-electron chi connectivity index (χ0n) is 13.0. The average molecular weight is 397 g/mol. The number of hydrogen-bond donors (Lipinski definition) is 3. The zero-order valence-corrected chi connectivity index (χ0v) is 14.7. The minimum atomic E-state index is -4.52. The molecule has 2 bridgehead atoms. The van der Waals surface area contributed by atoms with Gasteiger partial charge in [-0.05, 0) is 25.1 Å². The Morgan fingerprint density at radius 2 is 1.62 bits per heavy atom. The molecule has 136 valence electrons. The summed E-state index contributed by atoms with van der Waals surface area (Å²) in [6.07, 6.45) is 0. The summed E-state index contributed by atoms with van der Waals surface area (Å²) in [7, 11) is -8.90. The van der Waals surface area contributed by atoms with Gasteiger partial charge in [-0.1, -0.05) is 17.7 Å². The largest absolute Gasteiger partial charge is 0.478 e. The predicted molar refractivity (Wildman–Crippen MR) is 87.8 cm³/mol. The number of sulfone groups is 1. The summed E-state index contributed by atoms with van der Waals surface area (Å²) in [4.78, 5) is 21.0. The van der Waals surface area contributed by atoms with Gasteiger partial charge >= 0.3 is 11.9 Å². The van der Waals surface area contributed by atoms with Gasteiger partial charge in [-0.2, -0.15) is 0 Å². The van der Waals surface area contributed by atoms with Crippen LogP contribution in [0.3, 0.4) is 0 Å². The highest BCUT2D eigenvalue weighted by atomic mass is 32.2. The molecule has 0 aromatic heterocycles. The van der Waals surface area contributed by atoms with Crippen LogP contribution in [0.25, 0.3) is 0 Å². The molecule has 2 aromatic carbocycles. The molecule has 0 amide bonds. The molecular weight excluding hydrogens is 386 g/mol. The summed E-state index contributed by atoms with van der Waals surface area (Å²) in [6.45, 7) is 1.73. The van der Waals surface area contributed by atoms with Crippen LogP contribution in [-0.2, 0) is 19.9 Å². The lowest BCUT2D eigenvalue weighted by molar-refractivity contribution is 0.0690. The Labute approximate surface area is 147 Å². The maximum Gasteiger partial charge on any atom is 0.339 e. The minimum Gasteiger partial charge on any atom is -0.478 e. The molecule has 2 aromatic rings. The highest BCUT2D eigenvalue weighted by molar-refractivity contribution is 7.94. The monoisotopic (exact) mass is 397 g/mol. The molecule has 0 saturated heterocycles. The Bertz CT molecular complexity index is 1180. The molecule has 0 radical (unpaired) electrons. The van der Waals surface area contributed by atoms with Crippen LogP contribution in [0.2, 0.25) is 0 Å². The molecule has 0 atom stereocenters. The lowest BCUT2D eigenvalue weighted by Gasteiger charge is -2.10. The van der Waals surface area contributed by atoms with Crippen LogP contribution >= 0.6 is 0 Å². The van der Waals surface area contributed by atoms with Gasteiger partial charge in [0.2, 0.25) is 9.84 Å². The van der Waals surface area contributed by atoms with Crippen molar-refractivity contribution < 1.29 is 36.6 Å². The second-order valence-corrected chi connectivity index (χ2v) is 9.07. The van der Waals surface area contributed by atoms with Gasteiger partial charge in [0.05, 0.1) is 21.0 Å². The van der Waals surface area contributed by atoms with Crippen molar-refractivity contribution in [3.05, 3.63) is 47.0 Å². The number of sulfonamides is 1. The van der Waals surface area contributed by atoms with Crippen molar-refractivity contribution in [2.45, 2.75) is 21.6 Å². The molecule has 3 rings (SSSR count). The highest BCUT2D eigenvalue weighted by Crippen LogP contribution is 2.42. The van der Waals surface area contributed by atoms with E-state index in [4.69, 9.17) is 0 Å². The third kappa shape index (κ3) is 2.52. The van der Waals surface area contributed by atoms with Crippen LogP contribution in [0.15, 0.2) is 45.0 Å². The molecule has 11 heteroatoms. The van der Waals surface area contributed by atoms with Crippen LogP contribution in [0.1, 0.15) is 26.3 Å². The summed E-state index contributed by atoms with van der Waals surface area (Å²) in [6, 6.07) is 6.18. The van der Waals surface area contributed by atoms with E-state index >= 15 is 0 Å². The third-order valence-corrected chi connectivity index (χ3v) is 7.04. The summed E-state index contributed by atoms with van der Waals surface area (Å²) < 4.78 is 51.9. The number of nitrogens with one attached hydrogen (secondary N) is 1. The van der Waals surface area contributed by atoms with Crippen molar-refractivity contribution in [2.24, 2.45) is 0 Å². The van der Waals surface area contributed by atoms with E-state index in [1.54, 1.807) is 6.92 Å². The second-order valence-electron chi connectivity index (χ2n) is 5.53. The van der Waals surface area contributed by atoms with E-state index in [1.165, 1.54) is 24.3 Å². The summed E-state index contributed by atoms with van der Waals surface area (Å²) >= 11 is 0. The van der Waals surface area contributed by atoms with Gasteiger partial charge in [-0.3, -0.25) is 4.72 Å². The van der Waals surface area contributed by atoms with E-state index in [-0.39, 0.29) is 4.90 Å². The molecule has 0 aliphatic carbocycles. The number of carboxylic acid groups (broad SMARTS) is 2. The van der Waals surface area contributed by atoms with Gasteiger partial charge in [0, 0.05) is 0 Å². The summed E-state index contributed by atoms with van der Waals surface area (Å²) in [5, 5.41) is 18.6. The quantitative estimate of drug-likeness (QED) is 0.698. The normalized spacial score (nSPS) is 14.7. The smallest absolute Gasteiger partial charge is 0.339 e. The molecular formula is C15H11NO8S2. The van der Waals surface area contributed by atoms with Gasteiger partial charge in [-0.25, -0.2) is 26.4 Å². The zero-order chi connectivity index (χ0) is 19.4. The first kappa shape index (κ1) is 17.9. The first-order valence-corrected chi connectivity index (χ1v) is 9.95. The van der Waals surface area contributed by atoms with E-state index < -0.39 is 58.4 Å². The van der Waals surface area contributed by atoms with Gasteiger partial charge < -0.3 is 10.2 Å². The van der Waals surface area contributed by atoms with E-state index in [0.717, 1.165) is 5.56 Å². The van der Waals surface area contributed by atoms with Crippen LogP contribution in [0.4, 0.5) is 5.69 Å². The number of benzene rings is 2. The molecule has 1 aliphatic heterocycles. The summed E-state index contributed by atoms with van der Waals surface area (Å²) in [5.41, 5.74) is -1.74. The van der Waals surface area contributed by atoms with Crippen molar-refractivity contribution in [3.63, 3.8) is 0 Å². The Kier molecular flexibility index (Phi) is 3.81. The van der Waals surface area contributed by atoms with Crippen molar-refractivity contribution in [3.8, 4) is 0 Å². The van der Waals surface area contributed by atoms with Gasteiger partial charge in [0.15, 0.2) is 0 Å². The first-order chi connectivity index (χ1) is 12.0. The maximum absolute atomic E-state index is 12.9. The highest BCUT2D eigenvalue weighted by Gasteiger charge is 2.43. The molecule has 0 spiro atoms. The molecule has 1 heterocycles. The molecule has 1 aliphatic rings. The molecule has 0 saturated carbocycles. The topological polar surface area (TPSA) is 155 Å². The fourth-order valence-corrected chi connectivity index (χ4v) is 5.61. The lowest BCUT2D eigenvalue weighted by Crippen LogP contribution is -2.12. The Balaban J connectivity index is 2.42. The van der Waals surface area contributed by atoms with Crippen LogP contribution < -0.4 is 4.72 Å². The second kappa shape index (κ2) is 5.54. The SMILES string of the molecule is Cc1ccc(S(=O)(=O)c2cc(C(=O)O)c3c(C(=O)O)c2NS3(=O)=O)cc1. The Hall–Kier alpha value is -2.92. The number of fused-ring (bicyclic) bond motifs is 2. The minimum absolute atomic E-state index is 0.231. The molecule has 26 heavy (non-hydrogen) atoms. The Morgan fingerprint density at radius 3 is 2.12 bits per heavy atom. The van der Waals surface area contributed by atoms with Gasteiger partial charge in [-0.15, -0.1) is 0 Å². The van der Waals surface area contributed by atoms with Gasteiger partial charge in [0.25, 0.3) is 10.0 Å². The molecule has 0 unspecified atom stereocenters. The number of carbonyl (C=O) groups is 2. The van der Waals surface area contributed by atoms with Crippen molar-refractivity contribution in [1.29, 1.82) is 0 Å². The fourth-order valence-electron chi connectivity index (χ4n) is 2.63. The predicted octanol–water partition coefficient (Wildman–Crippen LogP) is 1.34. The number of rotatable bonds is 4. The number of carboxylic acids is 2. The van der Waals surface area contributed by atoms with Crippen molar-refractivity contribution in [2.75, 3.05) is 4.72 Å². The molecule has 9 nitrogen and oxygen atoms in total. The number of hydrogen-bond acceptors (Lipinski definition) is 6. The average Bonchev–Trinajstić information content (AvgIpc) is 2.73. The van der Waals surface area contributed by atoms with Crippen molar-refractivity contribution in [1.82, 2.24) is 0 Å². The van der Waals surface area contributed by atoms with Crippen molar-refractivity contribution >= 4 is 37.5 Å². The first-order valence-electron chi connectivity index (χ1n) is 6.99. The molecule has 3 N–H and O–H groups in total. The number of aromatic carboxylic acids is 2. The fraction of sp³-hybridized carbons (Fsp3) is 0.0667. The van der Waals surface area contributed by atoms with Crippen LogP contribution in [0, 0.1) is 6.92 Å². The summed E-state index contributed by atoms with van der Waals surface area (Å²) in [5.74, 6) is -3.52. The lowest BCUT2D eigenvalue weighted by atomic mass is 10.1. The van der Waals surface area contributed by atoms with E-state index in [1.807, 2.05) is 4.72 Å². The van der Waals surface area contributed by atoms with E-state index in [0.29, 0.717) is 6.07 Å². The number of anilines is 1. The maximum atomic E-state index is 12.9. The Morgan fingerprint density at radius 1 is 1.04 bits per heavy atom. The van der Waals surface area contributed by atoms with Gasteiger partial charge in [0.1, 0.15) is 10.5 Å². The third-order valence-electron chi connectivity index (χ3n) is 3.81. The standard InChI is InChI=1S/C15H11NO8S2/c1-7-2-4-8(5-3-7)25(21,22)10-6-9(14(17)18)13-11(15(19)20)12(10)16-26(13,23)24/h2-6,16H,1H3,(H,17,18)(H,19,20). The van der Waals surface area contributed by atoms with E-state index in [9.17, 15) is 36.6 Å². The van der Waals surface area contributed by atoms with E-state index in [2.05, 4.69) is 0 Å². The van der Waals surface area contributed by atoms with Crippen LogP contribution in [0.5, 0.6) is 0 Å². The molecule has 0 fully saturated rings. The number of aryl methyl sites for hydroxylation is 1.